The maximum absolute atomic E-state index is 6.29. The lowest BCUT2D eigenvalue weighted by Crippen LogP contribution is -1.93. The van der Waals surface area contributed by atoms with Crippen LogP contribution in [0.4, 0.5) is 0 Å². The molecule has 0 bridgehead atoms. The standard InChI is InChI=1S/C18H10Cl4N2/c19-13-6-1-11(2-7-13)3-10-15-23-17(21)16(18(22)24-15)12-4-8-14(20)9-5-12/h1-10H/b10-3-. The quantitative estimate of drug-likeness (QED) is 0.449. The van der Waals surface area contributed by atoms with Gasteiger partial charge in [0.2, 0.25) is 0 Å². The predicted molar refractivity (Wildman–Crippen MR) is 103 cm³/mol. The van der Waals surface area contributed by atoms with Gasteiger partial charge in [0.25, 0.3) is 0 Å². The van der Waals surface area contributed by atoms with Gasteiger partial charge in [0.05, 0.1) is 5.56 Å². The maximum Gasteiger partial charge on any atom is 0.155 e. The van der Waals surface area contributed by atoms with Crippen LogP contribution in [0.3, 0.4) is 0 Å². The molecule has 24 heavy (non-hydrogen) atoms. The summed E-state index contributed by atoms with van der Waals surface area (Å²) in [5, 5.41) is 1.89. The summed E-state index contributed by atoms with van der Waals surface area (Å²) in [6.07, 6.45) is 3.60. The molecule has 6 heteroatoms. The molecular weight excluding hydrogens is 386 g/mol. The molecule has 1 aromatic heterocycles. The van der Waals surface area contributed by atoms with Gasteiger partial charge in [-0.3, -0.25) is 0 Å². The molecule has 0 aliphatic heterocycles. The van der Waals surface area contributed by atoms with Gasteiger partial charge in [-0.2, -0.15) is 0 Å². The van der Waals surface area contributed by atoms with Crippen molar-refractivity contribution in [1.82, 2.24) is 9.97 Å². The molecule has 120 valence electrons. The molecule has 0 N–H and O–H groups in total. The van der Waals surface area contributed by atoms with E-state index in [1.165, 1.54) is 0 Å². The summed E-state index contributed by atoms with van der Waals surface area (Å²) in [5.41, 5.74) is 2.36. The molecule has 0 atom stereocenters. The smallest absolute Gasteiger partial charge is 0.155 e. The van der Waals surface area contributed by atoms with E-state index in [-0.39, 0.29) is 10.3 Å². The highest BCUT2D eigenvalue weighted by Gasteiger charge is 2.12. The second-order valence-corrected chi connectivity index (χ2v) is 6.52. The van der Waals surface area contributed by atoms with Crippen molar-refractivity contribution in [2.45, 2.75) is 0 Å². The average molecular weight is 396 g/mol. The lowest BCUT2D eigenvalue weighted by molar-refractivity contribution is 1.14. The summed E-state index contributed by atoms with van der Waals surface area (Å²) in [5.74, 6) is 0.428. The monoisotopic (exact) mass is 394 g/mol. The van der Waals surface area contributed by atoms with Gasteiger partial charge in [-0.25, -0.2) is 9.97 Å². The highest BCUT2D eigenvalue weighted by atomic mass is 35.5. The Labute approximate surface area is 159 Å². The number of hydrogen-bond acceptors (Lipinski definition) is 2. The van der Waals surface area contributed by atoms with Gasteiger partial charge >= 0.3 is 0 Å². The summed E-state index contributed by atoms with van der Waals surface area (Å²) < 4.78 is 0. The van der Waals surface area contributed by atoms with E-state index < -0.39 is 0 Å². The van der Waals surface area contributed by atoms with Gasteiger partial charge in [0.1, 0.15) is 10.3 Å². The maximum atomic E-state index is 6.29. The number of aromatic nitrogens is 2. The van der Waals surface area contributed by atoms with Gasteiger partial charge < -0.3 is 0 Å². The van der Waals surface area contributed by atoms with Gasteiger partial charge in [-0.15, -0.1) is 0 Å². The number of hydrogen-bond donors (Lipinski definition) is 0. The van der Waals surface area contributed by atoms with E-state index in [0.717, 1.165) is 11.1 Å². The van der Waals surface area contributed by atoms with Gasteiger partial charge in [-0.05, 0) is 41.5 Å². The molecule has 0 saturated carbocycles. The first-order valence-corrected chi connectivity index (χ1v) is 8.47. The van der Waals surface area contributed by atoms with E-state index in [4.69, 9.17) is 46.4 Å². The summed E-state index contributed by atoms with van der Waals surface area (Å²) in [4.78, 5) is 8.58. The molecule has 3 rings (SSSR count). The molecule has 0 amide bonds. The molecule has 0 aliphatic carbocycles. The van der Waals surface area contributed by atoms with Crippen LogP contribution in [-0.2, 0) is 0 Å². The fourth-order valence-corrected chi connectivity index (χ4v) is 2.97. The minimum Gasteiger partial charge on any atom is -0.216 e. The van der Waals surface area contributed by atoms with E-state index in [2.05, 4.69) is 9.97 Å². The predicted octanol–water partition coefficient (Wildman–Crippen LogP) is 6.93. The largest absolute Gasteiger partial charge is 0.216 e. The Hall–Kier alpha value is -1.58. The zero-order chi connectivity index (χ0) is 17.1. The van der Waals surface area contributed by atoms with E-state index in [1.807, 2.05) is 42.5 Å². The zero-order valence-corrected chi connectivity index (χ0v) is 15.2. The highest BCUT2D eigenvalue weighted by Crippen LogP contribution is 2.33. The van der Waals surface area contributed by atoms with Crippen LogP contribution in [0.25, 0.3) is 23.3 Å². The van der Waals surface area contributed by atoms with E-state index in [9.17, 15) is 0 Å². The Morgan fingerprint density at radius 2 is 1.12 bits per heavy atom. The topological polar surface area (TPSA) is 25.8 Å². The number of benzene rings is 2. The van der Waals surface area contributed by atoms with E-state index in [1.54, 1.807) is 18.2 Å². The molecular formula is C18H10Cl4N2. The molecule has 2 aromatic carbocycles. The van der Waals surface area contributed by atoms with Gasteiger partial charge in [0.15, 0.2) is 5.82 Å². The Balaban J connectivity index is 1.92. The minimum absolute atomic E-state index is 0.285. The van der Waals surface area contributed by atoms with Crippen LogP contribution in [0.2, 0.25) is 20.4 Å². The fraction of sp³-hybridized carbons (Fsp3) is 0. The summed E-state index contributed by atoms with van der Waals surface area (Å²) >= 11 is 24.3. The molecule has 0 unspecified atom stereocenters. The molecule has 3 aromatic rings. The molecule has 0 saturated heterocycles. The molecule has 0 radical (unpaired) electrons. The third-order valence-electron chi connectivity index (χ3n) is 3.27. The van der Waals surface area contributed by atoms with Crippen molar-refractivity contribution in [3.05, 3.63) is 80.3 Å². The van der Waals surface area contributed by atoms with Crippen molar-refractivity contribution in [2.75, 3.05) is 0 Å². The van der Waals surface area contributed by atoms with Crippen molar-refractivity contribution in [2.24, 2.45) is 0 Å². The average Bonchev–Trinajstić information content (AvgIpc) is 2.55. The lowest BCUT2D eigenvalue weighted by Gasteiger charge is -2.07. The molecule has 0 spiro atoms. The Kier molecular flexibility index (Phi) is 5.42. The molecule has 2 nitrogen and oxygen atoms in total. The SMILES string of the molecule is Clc1ccc(/C=C\c2nc(Cl)c(-c3ccc(Cl)cc3)c(Cl)n2)cc1. The fourth-order valence-electron chi connectivity index (χ4n) is 2.10. The third-order valence-corrected chi connectivity index (χ3v) is 4.32. The summed E-state index contributed by atoms with van der Waals surface area (Å²) in [6.45, 7) is 0. The first-order chi connectivity index (χ1) is 11.5. The zero-order valence-electron chi connectivity index (χ0n) is 12.2. The van der Waals surface area contributed by atoms with Gasteiger partial charge in [0, 0.05) is 10.0 Å². The summed E-state index contributed by atoms with van der Waals surface area (Å²) in [7, 11) is 0. The van der Waals surface area contributed by atoms with E-state index >= 15 is 0 Å². The van der Waals surface area contributed by atoms with Crippen LogP contribution in [0, 0.1) is 0 Å². The van der Waals surface area contributed by atoms with Crippen LogP contribution in [-0.4, -0.2) is 9.97 Å². The molecule has 0 aliphatic rings. The number of nitrogens with zero attached hydrogens (tertiary/aromatic N) is 2. The normalized spacial score (nSPS) is 11.2. The van der Waals surface area contributed by atoms with Gasteiger partial charge in [-0.1, -0.05) is 76.7 Å². The second-order valence-electron chi connectivity index (χ2n) is 4.93. The second kappa shape index (κ2) is 7.54. The Morgan fingerprint density at radius 1 is 0.625 bits per heavy atom. The number of rotatable bonds is 3. The van der Waals surface area contributed by atoms with Crippen molar-refractivity contribution in [3.63, 3.8) is 0 Å². The first-order valence-electron chi connectivity index (χ1n) is 6.95. The van der Waals surface area contributed by atoms with Crippen molar-refractivity contribution in [1.29, 1.82) is 0 Å². The highest BCUT2D eigenvalue weighted by molar-refractivity contribution is 6.37. The Bertz CT molecular complexity index is 865. The van der Waals surface area contributed by atoms with Crippen LogP contribution in [0.15, 0.2) is 48.5 Å². The van der Waals surface area contributed by atoms with Crippen molar-refractivity contribution in [3.8, 4) is 11.1 Å². The van der Waals surface area contributed by atoms with Crippen LogP contribution < -0.4 is 0 Å². The van der Waals surface area contributed by atoms with Crippen LogP contribution in [0.5, 0.6) is 0 Å². The Morgan fingerprint density at radius 3 is 1.67 bits per heavy atom. The van der Waals surface area contributed by atoms with Crippen molar-refractivity contribution < 1.29 is 0 Å². The third kappa shape index (κ3) is 4.08. The van der Waals surface area contributed by atoms with Crippen LogP contribution in [0.1, 0.15) is 11.4 Å². The minimum atomic E-state index is 0.285. The molecule has 0 fully saturated rings. The van der Waals surface area contributed by atoms with Crippen LogP contribution >= 0.6 is 46.4 Å². The molecule has 1 heterocycles. The number of halogens is 4. The van der Waals surface area contributed by atoms with Crippen molar-refractivity contribution >= 4 is 58.6 Å². The lowest BCUT2D eigenvalue weighted by atomic mass is 10.1. The first kappa shape index (κ1) is 17.2. The van der Waals surface area contributed by atoms with E-state index in [0.29, 0.717) is 21.4 Å². The summed E-state index contributed by atoms with van der Waals surface area (Å²) in [6, 6.07) is 14.6.